The first-order valence-corrected chi connectivity index (χ1v) is 8.22. The second-order valence-corrected chi connectivity index (χ2v) is 6.31. The van der Waals surface area contributed by atoms with Gasteiger partial charge in [0.05, 0.1) is 18.8 Å². The molecule has 0 bridgehead atoms. The molecule has 2 amide bonds. The summed E-state index contributed by atoms with van der Waals surface area (Å²) in [6, 6.07) is 7.04. The van der Waals surface area contributed by atoms with Crippen LogP contribution in [0, 0.1) is 0 Å². The quantitative estimate of drug-likeness (QED) is 0.851. The molecular formula is C15H18N4O2S. The van der Waals surface area contributed by atoms with Gasteiger partial charge >= 0.3 is 6.03 Å². The van der Waals surface area contributed by atoms with E-state index in [0.29, 0.717) is 25.6 Å². The molecule has 1 aliphatic carbocycles. The zero-order valence-electron chi connectivity index (χ0n) is 12.1. The summed E-state index contributed by atoms with van der Waals surface area (Å²) in [7, 11) is 0. The number of carbonyl (C=O) groups excluding carboxylic acids is 1. The highest BCUT2D eigenvalue weighted by Crippen LogP contribution is 2.38. The second kappa shape index (κ2) is 6.74. The molecule has 2 aromatic heterocycles. The third kappa shape index (κ3) is 3.94. The minimum Gasteiger partial charge on any atom is -0.336 e. The molecule has 0 aliphatic heterocycles. The van der Waals surface area contributed by atoms with Crippen molar-refractivity contribution in [3.63, 3.8) is 0 Å². The normalized spacial score (nSPS) is 13.8. The Morgan fingerprint density at radius 2 is 2.18 bits per heavy atom. The third-order valence-electron chi connectivity index (χ3n) is 3.50. The molecule has 0 unspecified atom stereocenters. The van der Waals surface area contributed by atoms with Gasteiger partial charge in [-0.3, -0.25) is 4.79 Å². The van der Waals surface area contributed by atoms with Crippen LogP contribution >= 0.6 is 11.3 Å². The Hall–Kier alpha value is -2.15. The van der Waals surface area contributed by atoms with E-state index in [9.17, 15) is 9.59 Å². The number of hydrogen-bond acceptors (Lipinski definition) is 4. The van der Waals surface area contributed by atoms with Crippen LogP contribution in [0.25, 0.3) is 0 Å². The van der Waals surface area contributed by atoms with Crippen molar-refractivity contribution in [1.82, 2.24) is 20.4 Å². The first-order valence-electron chi connectivity index (χ1n) is 7.34. The fraction of sp³-hybridized carbons (Fsp3) is 0.400. The van der Waals surface area contributed by atoms with Crippen LogP contribution in [-0.2, 0) is 13.1 Å². The van der Waals surface area contributed by atoms with E-state index in [2.05, 4.69) is 15.7 Å². The molecule has 2 aromatic rings. The van der Waals surface area contributed by atoms with Crippen molar-refractivity contribution in [2.45, 2.75) is 31.8 Å². The van der Waals surface area contributed by atoms with Crippen LogP contribution in [0.1, 0.15) is 29.3 Å². The lowest BCUT2D eigenvalue weighted by atomic mass is 10.3. The summed E-state index contributed by atoms with van der Waals surface area (Å²) in [6.45, 7) is 1.27. The Labute approximate surface area is 132 Å². The molecule has 116 valence electrons. The number of aromatic nitrogens is 2. The minimum absolute atomic E-state index is 0.134. The van der Waals surface area contributed by atoms with Crippen molar-refractivity contribution in [2.24, 2.45) is 0 Å². The molecule has 1 saturated carbocycles. The highest BCUT2D eigenvalue weighted by Gasteiger charge is 2.25. The molecular weight excluding hydrogens is 300 g/mol. The molecule has 6 nitrogen and oxygen atoms in total. The third-order valence-corrected chi connectivity index (χ3v) is 4.37. The van der Waals surface area contributed by atoms with Crippen LogP contribution in [0.3, 0.4) is 0 Å². The molecule has 3 rings (SSSR count). The minimum atomic E-state index is -0.236. The lowest BCUT2D eigenvalue weighted by Crippen LogP contribution is -2.38. The Morgan fingerprint density at radius 1 is 1.32 bits per heavy atom. The maximum Gasteiger partial charge on any atom is 0.315 e. The van der Waals surface area contributed by atoms with Gasteiger partial charge < -0.3 is 10.6 Å². The van der Waals surface area contributed by atoms with Crippen molar-refractivity contribution in [3.8, 4) is 0 Å². The summed E-state index contributed by atoms with van der Waals surface area (Å²) in [4.78, 5) is 24.5. The number of urea groups is 1. The van der Waals surface area contributed by atoms with Gasteiger partial charge in [-0.05, 0) is 30.4 Å². The first-order chi connectivity index (χ1) is 10.7. The Morgan fingerprint density at radius 3 is 2.91 bits per heavy atom. The average Bonchev–Trinajstić information content (AvgIpc) is 3.23. The summed E-state index contributed by atoms with van der Waals surface area (Å²) >= 11 is 1.60. The van der Waals surface area contributed by atoms with Crippen LogP contribution in [0.4, 0.5) is 4.79 Å². The molecule has 1 fully saturated rings. The number of carbonyl (C=O) groups is 1. The van der Waals surface area contributed by atoms with Gasteiger partial charge in [0.1, 0.15) is 0 Å². The maximum atomic E-state index is 11.7. The highest BCUT2D eigenvalue weighted by molar-refractivity contribution is 7.09. The second-order valence-electron chi connectivity index (χ2n) is 5.28. The summed E-state index contributed by atoms with van der Waals surface area (Å²) in [5, 5.41) is 11.8. The van der Waals surface area contributed by atoms with E-state index in [1.165, 1.54) is 4.68 Å². The van der Waals surface area contributed by atoms with E-state index >= 15 is 0 Å². The summed E-state index contributed by atoms with van der Waals surface area (Å²) in [5.74, 6) is 0.508. The molecule has 2 N–H and O–H groups in total. The standard InChI is InChI=1S/C15H18N4O2S/c20-14-6-5-13(11-3-4-11)18-19(14)8-7-16-15(21)17-10-12-2-1-9-22-12/h1-2,5-6,9,11H,3-4,7-8,10H2,(H2,16,17,21). The Balaban J connectivity index is 1.45. The van der Waals surface area contributed by atoms with Crippen molar-refractivity contribution < 1.29 is 4.79 Å². The summed E-state index contributed by atoms with van der Waals surface area (Å²) < 4.78 is 1.42. The monoisotopic (exact) mass is 318 g/mol. The number of nitrogens with one attached hydrogen (secondary N) is 2. The van der Waals surface area contributed by atoms with Crippen LogP contribution < -0.4 is 16.2 Å². The Bertz CT molecular complexity index is 692. The lowest BCUT2D eigenvalue weighted by molar-refractivity contribution is 0.240. The van der Waals surface area contributed by atoms with Gasteiger partial charge in [-0.1, -0.05) is 6.07 Å². The van der Waals surface area contributed by atoms with Crippen LogP contribution in [-0.4, -0.2) is 22.4 Å². The predicted molar refractivity (Wildman–Crippen MR) is 85.0 cm³/mol. The van der Waals surface area contributed by atoms with Gasteiger partial charge in [-0.15, -0.1) is 11.3 Å². The molecule has 7 heteroatoms. The lowest BCUT2D eigenvalue weighted by Gasteiger charge is -2.09. The molecule has 0 saturated heterocycles. The van der Waals surface area contributed by atoms with Crippen molar-refractivity contribution in [3.05, 3.63) is 50.6 Å². The fourth-order valence-corrected chi connectivity index (χ4v) is 2.78. The van der Waals surface area contributed by atoms with Crippen molar-refractivity contribution in [1.29, 1.82) is 0 Å². The smallest absolute Gasteiger partial charge is 0.315 e. The fourth-order valence-electron chi connectivity index (χ4n) is 2.14. The van der Waals surface area contributed by atoms with Gasteiger partial charge in [-0.25, -0.2) is 9.48 Å². The van der Waals surface area contributed by atoms with E-state index < -0.39 is 0 Å². The van der Waals surface area contributed by atoms with Gasteiger partial charge in [0, 0.05) is 23.4 Å². The van der Waals surface area contributed by atoms with E-state index in [1.54, 1.807) is 23.5 Å². The number of thiophene rings is 1. The van der Waals surface area contributed by atoms with E-state index in [1.807, 2.05) is 17.5 Å². The van der Waals surface area contributed by atoms with Gasteiger partial charge in [-0.2, -0.15) is 5.10 Å². The molecule has 0 spiro atoms. The molecule has 1 aliphatic rings. The SMILES string of the molecule is O=C(NCCn1nc(C2CC2)ccc1=O)NCc1cccs1. The van der Waals surface area contributed by atoms with Crippen LogP contribution in [0.15, 0.2) is 34.4 Å². The zero-order chi connectivity index (χ0) is 15.4. The van der Waals surface area contributed by atoms with E-state index in [4.69, 9.17) is 0 Å². The van der Waals surface area contributed by atoms with Gasteiger partial charge in [0.15, 0.2) is 0 Å². The Kier molecular flexibility index (Phi) is 4.53. The topological polar surface area (TPSA) is 76.0 Å². The maximum absolute atomic E-state index is 11.7. The van der Waals surface area contributed by atoms with Crippen molar-refractivity contribution >= 4 is 17.4 Å². The summed E-state index contributed by atoms with van der Waals surface area (Å²) in [6.07, 6.45) is 2.29. The molecule has 22 heavy (non-hydrogen) atoms. The molecule has 0 atom stereocenters. The van der Waals surface area contributed by atoms with Crippen molar-refractivity contribution in [2.75, 3.05) is 6.54 Å². The van der Waals surface area contributed by atoms with E-state index in [0.717, 1.165) is 23.4 Å². The zero-order valence-corrected chi connectivity index (χ0v) is 12.9. The van der Waals surface area contributed by atoms with Crippen LogP contribution in [0.2, 0.25) is 0 Å². The number of rotatable bonds is 6. The number of amides is 2. The number of hydrogen-bond donors (Lipinski definition) is 2. The summed E-state index contributed by atoms with van der Waals surface area (Å²) in [5.41, 5.74) is 0.840. The molecule has 0 radical (unpaired) electrons. The predicted octanol–water partition coefficient (Wildman–Crippen LogP) is 1.68. The average molecular weight is 318 g/mol. The largest absolute Gasteiger partial charge is 0.336 e. The van der Waals surface area contributed by atoms with Crippen LogP contribution in [0.5, 0.6) is 0 Å². The molecule has 0 aromatic carbocycles. The highest BCUT2D eigenvalue weighted by atomic mass is 32.1. The van der Waals surface area contributed by atoms with Gasteiger partial charge in [0.2, 0.25) is 0 Å². The first kappa shape index (κ1) is 14.8. The molecule has 2 heterocycles. The van der Waals surface area contributed by atoms with E-state index in [-0.39, 0.29) is 11.6 Å². The van der Waals surface area contributed by atoms with Gasteiger partial charge in [0.25, 0.3) is 5.56 Å². The number of nitrogens with zero attached hydrogens (tertiary/aromatic N) is 2.